The molecule has 1 unspecified atom stereocenters. The van der Waals surface area contributed by atoms with Crippen LogP contribution in [0.25, 0.3) is 22.4 Å². The van der Waals surface area contributed by atoms with Crippen LogP contribution in [-0.4, -0.2) is 37.1 Å². The number of piperidine rings is 2. The maximum Gasteiger partial charge on any atom is 0.250 e. The van der Waals surface area contributed by atoms with E-state index in [1.807, 2.05) is 24.3 Å². The summed E-state index contributed by atoms with van der Waals surface area (Å²) in [6.45, 7) is 4.57. The van der Waals surface area contributed by atoms with E-state index in [0.29, 0.717) is 17.1 Å². The van der Waals surface area contributed by atoms with Crippen LogP contribution in [0.4, 0.5) is 0 Å². The van der Waals surface area contributed by atoms with E-state index in [-0.39, 0.29) is 28.5 Å². The summed E-state index contributed by atoms with van der Waals surface area (Å²) >= 11 is 0. The van der Waals surface area contributed by atoms with Gasteiger partial charge in [-0.25, -0.2) is 0 Å². The maximum atomic E-state index is 11.9. The first-order valence-corrected chi connectivity index (χ1v) is 11.5. The van der Waals surface area contributed by atoms with Crippen LogP contribution in [0.15, 0.2) is 53.5 Å². The predicted octanol–water partition coefficient (Wildman–Crippen LogP) is 4.05. The molecule has 2 N–H and O–H groups in total. The van der Waals surface area contributed by atoms with E-state index >= 15 is 0 Å². The Labute approximate surface area is 193 Å². The highest BCUT2D eigenvalue weighted by Crippen LogP contribution is 2.41. The Morgan fingerprint density at radius 1 is 1.03 bits per heavy atom. The SMILES string of the molecule is Cn1ccc(-c2ccc(-c3ccc(OC4C[C@]5(C)CCC[C@](C)(C4)N5)nn3)c(O)c2)cc1=O. The monoisotopic (exact) mass is 446 g/mol. The average molecular weight is 447 g/mol. The molecule has 0 saturated carbocycles. The summed E-state index contributed by atoms with van der Waals surface area (Å²) in [7, 11) is 1.70. The Morgan fingerprint density at radius 2 is 1.76 bits per heavy atom. The number of benzene rings is 1. The van der Waals surface area contributed by atoms with Gasteiger partial charge in [0, 0.05) is 54.9 Å². The molecule has 2 aliphatic heterocycles. The number of aryl methyl sites for hydroxylation is 1. The molecule has 2 bridgehead atoms. The molecule has 172 valence electrons. The molecule has 0 radical (unpaired) electrons. The van der Waals surface area contributed by atoms with E-state index in [1.165, 1.54) is 23.8 Å². The number of aromatic nitrogens is 3. The van der Waals surface area contributed by atoms with Gasteiger partial charge < -0.3 is 19.7 Å². The Bertz CT molecular complexity index is 1220. The van der Waals surface area contributed by atoms with Gasteiger partial charge in [-0.1, -0.05) is 6.07 Å². The number of aromatic hydroxyl groups is 1. The molecule has 7 nitrogen and oxygen atoms in total. The number of nitrogens with one attached hydrogen (secondary N) is 1. The van der Waals surface area contributed by atoms with E-state index in [0.717, 1.165) is 24.0 Å². The molecular weight excluding hydrogens is 416 g/mol. The Balaban J connectivity index is 1.32. The van der Waals surface area contributed by atoms with E-state index in [1.54, 1.807) is 31.4 Å². The van der Waals surface area contributed by atoms with E-state index in [4.69, 9.17) is 4.74 Å². The van der Waals surface area contributed by atoms with Crippen molar-refractivity contribution in [3.05, 3.63) is 59.0 Å². The summed E-state index contributed by atoms with van der Waals surface area (Å²) in [6, 6.07) is 12.3. The van der Waals surface area contributed by atoms with Crippen LogP contribution >= 0.6 is 0 Å². The Morgan fingerprint density at radius 3 is 2.39 bits per heavy atom. The summed E-state index contributed by atoms with van der Waals surface area (Å²) in [6.07, 6.45) is 7.31. The van der Waals surface area contributed by atoms with Crippen molar-refractivity contribution >= 4 is 0 Å². The number of phenols is 1. The fraction of sp³-hybridized carbons (Fsp3) is 0.423. The second-order valence-electron chi connectivity index (χ2n) is 10.1. The molecular formula is C26H30N4O3. The van der Waals surface area contributed by atoms with Crippen LogP contribution in [0.2, 0.25) is 0 Å². The van der Waals surface area contributed by atoms with Crippen molar-refractivity contribution in [1.29, 1.82) is 0 Å². The highest BCUT2D eigenvalue weighted by molar-refractivity contribution is 5.74. The van der Waals surface area contributed by atoms with Crippen molar-refractivity contribution in [2.75, 3.05) is 0 Å². The fourth-order valence-electron chi connectivity index (χ4n) is 5.54. The highest BCUT2D eigenvalue weighted by Gasteiger charge is 2.46. The molecule has 0 amide bonds. The molecule has 1 aromatic carbocycles. The van der Waals surface area contributed by atoms with Gasteiger partial charge in [-0.3, -0.25) is 4.79 Å². The van der Waals surface area contributed by atoms with Crippen LogP contribution in [0, 0.1) is 0 Å². The summed E-state index contributed by atoms with van der Waals surface area (Å²) in [5.41, 5.74) is 2.79. The van der Waals surface area contributed by atoms with Gasteiger partial charge in [0.25, 0.3) is 5.56 Å². The zero-order valence-electron chi connectivity index (χ0n) is 19.3. The van der Waals surface area contributed by atoms with Gasteiger partial charge in [0.1, 0.15) is 11.9 Å². The van der Waals surface area contributed by atoms with Gasteiger partial charge in [-0.2, -0.15) is 0 Å². The third kappa shape index (κ3) is 4.37. The van der Waals surface area contributed by atoms with Crippen LogP contribution in [0.1, 0.15) is 46.0 Å². The first-order valence-electron chi connectivity index (χ1n) is 11.5. The summed E-state index contributed by atoms with van der Waals surface area (Å²) in [4.78, 5) is 11.9. The number of pyridine rings is 1. The van der Waals surface area contributed by atoms with Gasteiger partial charge in [0.05, 0.1) is 5.69 Å². The molecule has 4 heterocycles. The van der Waals surface area contributed by atoms with E-state index < -0.39 is 0 Å². The second kappa shape index (κ2) is 7.99. The molecule has 2 fully saturated rings. The molecule has 33 heavy (non-hydrogen) atoms. The first-order chi connectivity index (χ1) is 15.7. The normalized spacial score (nSPS) is 26.7. The average Bonchev–Trinajstić information content (AvgIpc) is 2.75. The number of fused-ring (bicyclic) bond motifs is 2. The van der Waals surface area contributed by atoms with Crippen molar-refractivity contribution in [3.8, 4) is 34.0 Å². The number of nitrogens with zero attached hydrogens (tertiary/aromatic N) is 3. The Kier molecular flexibility index (Phi) is 5.24. The Hall–Kier alpha value is -3.19. The van der Waals surface area contributed by atoms with Gasteiger partial charge in [0.2, 0.25) is 5.88 Å². The number of ether oxygens (including phenoxy) is 1. The molecule has 2 saturated heterocycles. The summed E-state index contributed by atoms with van der Waals surface area (Å²) in [5, 5.41) is 23.0. The molecule has 3 atom stereocenters. The molecule has 7 heteroatoms. The lowest BCUT2D eigenvalue weighted by Crippen LogP contribution is -2.65. The molecule has 2 aromatic heterocycles. The minimum Gasteiger partial charge on any atom is -0.507 e. The standard InChI is InChI=1S/C26H30N4O3/c1-25-10-4-11-26(2,29-25)16-19(15-25)33-23-8-7-21(27-28-23)20-6-5-17(13-22(20)31)18-9-12-30(3)24(32)14-18/h5-9,12-14,19,29,31H,4,10-11,15-16H2,1-3H3/t19?,25-,26+. The first kappa shape index (κ1) is 21.6. The van der Waals surface area contributed by atoms with Crippen molar-refractivity contribution in [1.82, 2.24) is 20.1 Å². The molecule has 0 spiro atoms. The topological polar surface area (TPSA) is 89.3 Å². The summed E-state index contributed by atoms with van der Waals surface area (Å²) < 4.78 is 7.74. The zero-order valence-corrected chi connectivity index (χ0v) is 19.3. The number of hydrogen-bond acceptors (Lipinski definition) is 6. The van der Waals surface area contributed by atoms with Crippen LogP contribution in [0.5, 0.6) is 11.6 Å². The van der Waals surface area contributed by atoms with Crippen molar-refractivity contribution in [3.63, 3.8) is 0 Å². The van der Waals surface area contributed by atoms with E-state index in [9.17, 15) is 9.90 Å². The van der Waals surface area contributed by atoms with E-state index in [2.05, 4.69) is 29.4 Å². The van der Waals surface area contributed by atoms with Gasteiger partial charge in [-0.05, 0) is 68.5 Å². The van der Waals surface area contributed by atoms with Gasteiger partial charge in [-0.15, -0.1) is 10.2 Å². The maximum absolute atomic E-state index is 11.9. The lowest BCUT2D eigenvalue weighted by atomic mass is 9.70. The minimum absolute atomic E-state index is 0.0863. The van der Waals surface area contributed by atoms with Crippen LogP contribution in [0.3, 0.4) is 0 Å². The molecule has 5 rings (SSSR count). The number of hydrogen-bond donors (Lipinski definition) is 2. The van der Waals surface area contributed by atoms with Gasteiger partial charge in [0.15, 0.2) is 0 Å². The van der Waals surface area contributed by atoms with Gasteiger partial charge >= 0.3 is 0 Å². The molecule has 3 aromatic rings. The van der Waals surface area contributed by atoms with Crippen molar-refractivity contribution < 1.29 is 9.84 Å². The highest BCUT2D eigenvalue weighted by atomic mass is 16.5. The molecule has 2 aliphatic rings. The summed E-state index contributed by atoms with van der Waals surface area (Å²) in [5.74, 6) is 0.593. The fourth-order valence-corrected chi connectivity index (χ4v) is 5.54. The minimum atomic E-state index is -0.0992. The van der Waals surface area contributed by atoms with Crippen molar-refractivity contribution in [2.45, 2.75) is 63.1 Å². The second-order valence-corrected chi connectivity index (χ2v) is 10.1. The predicted molar refractivity (Wildman–Crippen MR) is 127 cm³/mol. The van der Waals surface area contributed by atoms with Crippen LogP contribution in [-0.2, 0) is 7.05 Å². The smallest absolute Gasteiger partial charge is 0.250 e. The lowest BCUT2D eigenvalue weighted by molar-refractivity contribution is 0.00726. The molecule has 0 aliphatic carbocycles. The largest absolute Gasteiger partial charge is 0.507 e. The van der Waals surface area contributed by atoms with Crippen LogP contribution < -0.4 is 15.6 Å². The third-order valence-electron chi connectivity index (χ3n) is 7.06. The zero-order chi connectivity index (χ0) is 23.2. The number of phenolic OH excluding ortho intramolecular Hbond substituents is 1. The quantitative estimate of drug-likeness (QED) is 0.629. The number of rotatable bonds is 4. The van der Waals surface area contributed by atoms with Crippen molar-refractivity contribution in [2.24, 2.45) is 7.05 Å². The third-order valence-corrected chi connectivity index (χ3v) is 7.06. The lowest BCUT2D eigenvalue weighted by Gasteiger charge is -2.53.